The first-order chi connectivity index (χ1) is 9.77. The monoisotopic (exact) mass is 295 g/mol. The van der Waals surface area contributed by atoms with Crippen LogP contribution in [-0.2, 0) is 0 Å². The Balaban J connectivity index is 2.44. The van der Waals surface area contributed by atoms with Crippen molar-refractivity contribution in [3.8, 4) is 0 Å². The molecule has 0 aliphatic carbocycles. The predicted molar refractivity (Wildman–Crippen MR) is 84.0 cm³/mol. The molecule has 0 fully saturated rings. The van der Waals surface area contributed by atoms with Crippen molar-refractivity contribution in [3.63, 3.8) is 0 Å². The molecule has 0 saturated carbocycles. The van der Waals surface area contributed by atoms with E-state index in [1.807, 2.05) is 26.8 Å². The molecule has 0 heterocycles. The molecular formula is C16H26FN3O. The third kappa shape index (κ3) is 5.01. The van der Waals surface area contributed by atoms with Crippen LogP contribution in [0.25, 0.3) is 0 Å². The van der Waals surface area contributed by atoms with Gasteiger partial charge in [-0.2, -0.15) is 0 Å². The molecule has 0 amide bonds. The molecule has 1 unspecified atom stereocenters. The highest BCUT2D eigenvalue weighted by atomic mass is 19.1. The van der Waals surface area contributed by atoms with Gasteiger partial charge < -0.3 is 16.3 Å². The Morgan fingerprint density at radius 2 is 2.14 bits per heavy atom. The summed E-state index contributed by atoms with van der Waals surface area (Å²) < 4.78 is 13.5. The molecule has 4 N–H and O–H groups in total. The molecule has 0 aliphatic rings. The average Bonchev–Trinajstić information content (AvgIpc) is 2.45. The van der Waals surface area contributed by atoms with Crippen molar-refractivity contribution >= 4 is 5.84 Å². The second-order valence-electron chi connectivity index (χ2n) is 6.16. The number of nitrogens with zero attached hydrogens (tertiary/aromatic N) is 1. The van der Waals surface area contributed by atoms with E-state index in [1.54, 1.807) is 19.1 Å². The summed E-state index contributed by atoms with van der Waals surface area (Å²) in [7, 11) is 0. The standard InChI is InChI=1S/C16H26FN3O/c1-11-6-7-13(10-14(11)17)12(2)19-9-5-8-16(3,4)15(18)20-21/h6-7,10,12,19,21H,5,8-9H2,1-4H3,(H2,18,20). The minimum absolute atomic E-state index is 0.0899. The molecule has 4 nitrogen and oxygen atoms in total. The number of hydrogen-bond donors (Lipinski definition) is 3. The second kappa shape index (κ2) is 7.41. The lowest BCUT2D eigenvalue weighted by atomic mass is 9.86. The van der Waals surface area contributed by atoms with Crippen LogP contribution in [0.15, 0.2) is 23.4 Å². The van der Waals surface area contributed by atoms with Gasteiger partial charge in [-0.15, -0.1) is 0 Å². The SMILES string of the molecule is Cc1ccc(C(C)NCCCC(C)(C)/C(N)=N/O)cc1F. The van der Waals surface area contributed by atoms with Gasteiger partial charge in [0.25, 0.3) is 0 Å². The van der Waals surface area contributed by atoms with Gasteiger partial charge in [0.2, 0.25) is 0 Å². The second-order valence-corrected chi connectivity index (χ2v) is 6.16. The van der Waals surface area contributed by atoms with Crippen molar-refractivity contribution in [3.05, 3.63) is 35.1 Å². The Bertz CT molecular complexity index is 500. The summed E-state index contributed by atoms with van der Waals surface area (Å²) in [5.74, 6) is 0.0744. The first-order valence-corrected chi connectivity index (χ1v) is 7.25. The molecule has 1 aromatic carbocycles. The molecule has 0 aliphatic heterocycles. The summed E-state index contributed by atoms with van der Waals surface area (Å²) in [6, 6.07) is 5.40. The summed E-state index contributed by atoms with van der Waals surface area (Å²) >= 11 is 0. The highest BCUT2D eigenvalue weighted by Crippen LogP contribution is 2.22. The minimum atomic E-state index is -0.324. The van der Waals surface area contributed by atoms with E-state index in [1.165, 1.54) is 0 Å². The number of hydrogen-bond acceptors (Lipinski definition) is 3. The number of rotatable bonds is 7. The zero-order valence-corrected chi connectivity index (χ0v) is 13.3. The Morgan fingerprint density at radius 1 is 1.48 bits per heavy atom. The lowest BCUT2D eigenvalue weighted by Gasteiger charge is -2.23. The van der Waals surface area contributed by atoms with Gasteiger partial charge in [0.1, 0.15) is 11.7 Å². The summed E-state index contributed by atoms with van der Waals surface area (Å²) in [4.78, 5) is 0. The van der Waals surface area contributed by atoms with Crippen molar-refractivity contribution in [2.75, 3.05) is 6.54 Å². The minimum Gasteiger partial charge on any atom is -0.409 e. The van der Waals surface area contributed by atoms with Crippen LogP contribution in [0.3, 0.4) is 0 Å². The molecule has 0 aromatic heterocycles. The Morgan fingerprint density at radius 3 is 2.71 bits per heavy atom. The predicted octanol–water partition coefficient (Wildman–Crippen LogP) is 3.34. The van der Waals surface area contributed by atoms with Gasteiger partial charge in [0, 0.05) is 11.5 Å². The smallest absolute Gasteiger partial charge is 0.144 e. The number of nitrogens with two attached hydrogens (primary N) is 1. The van der Waals surface area contributed by atoms with E-state index < -0.39 is 0 Å². The summed E-state index contributed by atoms with van der Waals surface area (Å²) in [5.41, 5.74) is 6.93. The van der Waals surface area contributed by atoms with Gasteiger partial charge in [-0.1, -0.05) is 31.1 Å². The van der Waals surface area contributed by atoms with Crippen LogP contribution < -0.4 is 11.1 Å². The van der Waals surface area contributed by atoms with E-state index in [-0.39, 0.29) is 23.1 Å². The molecule has 1 aromatic rings. The average molecular weight is 295 g/mol. The van der Waals surface area contributed by atoms with E-state index in [0.717, 1.165) is 24.9 Å². The lowest BCUT2D eigenvalue weighted by Crippen LogP contribution is -2.32. The normalized spacial score (nSPS) is 14.2. The molecule has 0 radical (unpaired) electrons. The van der Waals surface area contributed by atoms with E-state index in [9.17, 15) is 4.39 Å². The fourth-order valence-corrected chi connectivity index (χ4v) is 2.11. The maximum absolute atomic E-state index is 13.5. The van der Waals surface area contributed by atoms with Crippen LogP contribution in [0.1, 0.15) is 50.8 Å². The molecule has 1 atom stereocenters. The topological polar surface area (TPSA) is 70.6 Å². The largest absolute Gasteiger partial charge is 0.409 e. The first-order valence-electron chi connectivity index (χ1n) is 7.25. The van der Waals surface area contributed by atoms with Crippen LogP contribution in [0, 0.1) is 18.2 Å². The zero-order chi connectivity index (χ0) is 16.0. The molecular weight excluding hydrogens is 269 g/mol. The summed E-state index contributed by atoms with van der Waals surface area (Å²) in [6.07, 6.45) is 1.70. The number of halogens is 1. The van der Waals surface area contributed by atoms with Crippen LogP contribution >= 0.6 is 0 Å². The highest BCUT2D eigenvalue weighted by molar-refractivity contribution is 5.85. The number of oxime groups is 1. The molecule has 0 bridgehead atoms. The molecule has 118 valence electrons. The van der Waals surface area contributed by atoms with Crippen LogP contribution in [0.2, 0.25) is 0 Å². The fraction of sp³-hybridized carbons (Fsp3) is 0.562. The van der Waals surface area contributed by atoms with Crippen molar-refractivity contribution in [1.29, 1.82) is 0 Å². The van der Waals surface area contributed by atoms with Gasteiger partial charge in [0.05, 0.1) is 0 Å². The number of nitrogens with one attached hydrogen (secondary N) is 1. The van der Waals surface area contributed by atoms with E-state index in [0.29, 0.717) is 5.56 Å². The number of aryl methyl sites for hydroxylation is 1. The Kier molecular flexibility index (Phi) is 6.15. The zero-order valence-electron chi connectivity index (χ0n) is 13.3. The van der Waals surface area contributed by atoms with Crippen molar-refractivity contribution in [1.82, 2.24) is 5.32 Å². The van der Waals surface area contributed by atoms with E-state index in [4.69, 9.17) is 10.9 Å². The third-order valence-corrected chi connectivity index (χ3v) is 3.93. The van der Waals surface area contributed by atoms with Gasteiger partial charge in [0.15, 0.2) is 0 Å². The molecule has 5 heteroatoms. The third-order valence-electron chi connectivity index (χ3n) is 3.93. The van der Waals surface area contributed by atoms with Gasteiger partial charge in [-0.25, -0.2) is 4.39 Å². The van der Waals surface area contributed by atoms with Gasteiger partial charge >= 0.3 is 0 Å². The summed E-state index contributed by atoms with van der Waals surface area (Å²) in [5, 5.41) is 15.2. The molecule has 21 heavy (non-hydrogen) atoms. The van der Waals surface area contributed by atoms with Crippen molar-refractivity contribution in [2.24, 2.45) is 16.3 Å². The number of amidine groups is 1. The van der Waals surface area contributed by atoms with E-state index in [2.05, 4.69) is 10.5 Å². The van der Waals surface area contributed by atoms with Gasteiger partial charge in [-0.05, 0) is 50.4 Å². The van der Waals surface area contributed by atoms with Crippen LogP contribution in [-0.4, -0.2) is 17.6 Å². The van der Waals surface area contributed by atoms with Gasteiger partial charge in [-0.3, -0.25) is 0 Å². The Labute approximate surface area is 126 Å². The van der Waals surface area contributed by atoms with Crippen LogP contribution in [0.4, 0.5) is 4.39 Å². The molecule has 1 rings (SSSR count). The number of benzene rings is 1. The maximum Gasteiger partial charge on any atom is 0.144 e. The maximum atomic E-state index is 13.5. The quantitative estimate of drug-likeness (QED) is 0.237. The van der Waals surface area contributed by atoms with Crippen molar-refractivity contribution < 1.29 is 9.60 Å². The van der Waals surface area contributed by atoms with E-state index >= 15 is 0 Å². The highest BCUT2D eigenvalue weighted by Gasteiger charge is 2.22. The Hall–Kier alpha value is -1.62. The first kappa shape index (κ1) is 17.4. The fourth-order valence-electron chi connectivity index (χ4n) is 2.11. The lowest BCUT2D eigenvalue weighted by molar-refractivity contribution is 0.304. The molecule has 0 spiro atoms. The molecule has 0 saturated heterocycles. The van der Waals surface area contributed by atoms with Crippen molar-refractivity contribution in [2.45, 2.75) is 46.6 Å². The summed E-state index contributed by atoms with van der Waals surface area (Å²) in [6.45, 7) is 8.45. The van der Waals surface area contributed by atoms with Crippen LogP contribution in [0.5, 0.6) is 0 Å².